The van der Waals surface area contributed by atoms with E-state index < -0.39 is 36.5 Å². The lowest BCUT2D eigenvalue weighted by Crippen LogP contribution is -2.43. The predicted molar refractivity (Wildman–Crippen MR) is 116 cm³/mol. The highest BCUT2D eigenvalue weighted by Crippen LogP contribution is 2.23. The first-order valence-electron chi connectivity index (χ1n) is 10.3. The van der Waals surface area contributed by atoms with Crippen molar-refractivity contribution in [3.8, 4) is 0 Å². The molecule has 0 saturated carbocycles. The Morgan fingerprint density at radius 1 is 1.21 bits per heavy atom. The topological polar surface area (TPSA) is 187 Å². The molecule has 0 saturated heterocycles. The zero-order valence-corrected chi connectivity index (χ0v) is 17.5. The highest BCUT2D eigenvalue weighted by Gasteiger charge is 2.28. The Morgan fingerprint density at radius 2 is 1.91 bits per heavy atom. The average molecular weight is 461 g/mol. The van der Waals surface area contributed by atoms with Crippen molar-refractivity contribution in [2.45, 2.75) is 37.9 Å². The fraction of sp³-hybridized carbons (Fsp3) is 0.381. The van der Waals surface area contributed by atoms with E-state index in [1.54, 1.807) is 12.1 Å². The van der Waals surface area contributed by atoms with Crippen LogP contribution in [-0.4, -0.2) is 56.8 Å². The molecule has 2 aromatic rings. The van der Waals surface area contributed by atoms with Crippen LogP contribution in [0.3, 0.4) is 0 Å². The number of nitrogens with zero attached hydrogens (tertiary/aromatic N) is 1. The molecule has 1 amide bonds. The number of aromatic nitrogens is 2. The third kappa shape index (κ3) is 6.05. The first kappa shape index (κ1) is 23.7. The minimum Gasteiger partial charge on any atom is -0.480 e. The number of H-pyrrole nitrogens is 1. The molecule has 1 aliphatic rings. The van der Waals surface area contributed by atoms with Crippen molar-refractivity contribution < 1.29 is 29.0 Å². The first-order chi connectivity index (χ1) is 15.6. The zero-order chi connectivity index (χ0) is 24.1. The van der Waals surface area contributed by atoms with Crippen molar-refractivity contribution in [1.82, 2.24) is 15.3 Å². The molecule has 3 rings (SSSR count). The lowest BCUT2D eigenvalue weighted by Gasteiger charge is -2.24. The number of carboxylic acid groups (broad SMARTS) is 2. The largest absolute Gasteiger partial charge is 0.480 e. The molecule has 1 aromatic heterocycles. The Bertz CT molecular complexity index is 1100. The molecule has 1 unspecified atom stereocenters. The number of halogens is 1. The van der Waals surface area contributed by atoms with Gasteiger partial charge in [-0.3, -0.25) is 14.6 Å². The SMILES string of the molecule is Nc1nc2c(c(=O)[nH]1)CC(CCc1ccc(C(=O)N[C@@H](C[C@@H](F)C(=O)O)C(=O)O)cc1)CN2. The van der Waals surface area contributed by atoms with Gasteiger partial charge in [0.2, 0.25) is 5.95 Å². The smallest absolute Gasteiger partial charge is 0.338 e. The van der Waals surface area contributed by atoms with E-state index in [0.717, 1.165) is 12.0 Å². The number of nitrogens with two attached hydrogens (primary N) is 1. The van der Waals surface area contributed by atoms with Gasteiger partial charge in [-0.25, -0.2) is 14.0 Å². The van der Waals surface area contributed by atoms with Gasteiger partial charge in [-0.2, -0.15) is 4.98 Å². The van der Waals surface area contributed by atoms with E-state index in [-0.39, 0.29) is 23.0 Å². The molecule has 2 heterocycles. The fourth-order valence-corrected chi connectivity index (χ4v) is 3.62. The molecule has 0 spiro atoms. The van der Waals surface area contributed by atoms with Gasteiger partial charge in [0.15, 0.2) is 6.17 Å². The number of nitrogen functional groups attached to an aromatic ring is 1. The Kier molecular flexibility index (Phi) is 7.26. The molecular weight excluding hydrogens is 437 g/mol. The van der Waals surface area contributed by atoms with Crippen LogP contribution in [0.5, 0.6) is 0 Å². The number of aryl methyl sites for hydroxylation is 1. The van der Waals surface area contributed by atoms with E-state index in [9.17, 15) is 23.6 Å². The van der Waals surface area contributed by atoms with Gasteiger partial charge in [-0.15, -0.1) is 0 Å². The molecule has 176 valence electrons. The maximum Gasteiger partial charge on any atom is 0.338 e. The van der Waals surface area contributed by atoms with Crippen LogP contribution in [0, 0.1) is 5.92 Å². The molecule has 0 fully saturated rings. The van der Waals surface area contributed by atoms with E-state index in [0.29, 0.717) is 30.8 Å². The van der Waals surface area contributed by atoms with Crippen molar-refractivity contribution in [2.24, 2.45) is 5.92 Å². The molecule has 7 N–H and O–H groups in total. The fourth-order valence-electron chi connectivity index (χ4n) is 3.62. The minimum atomic E-state index is -2.40. The number of carbonyl (C=O) groups is 3. The van der Waals surface area contributed by atoms with E-state index in [2.05, 4.69) is 20.6 Å². The number of fused-ring (bicyclic) bond motifs is 1. The van der Waals surface area contributed by atoms with E-state index in [1.807, 2.05) is 0 Å². The van der Waals surface area contributed by atoms with Gasteiger partial charge in [0, 0.05) is 18.5 Å². The third-order valence-electron chi connectivity index (χ3n) is 5.46. The average Bonchev–Trinajstić information content (AvgIpc) is 2.77. The Labute approximate surface area is 187 Å². The lowest BCUT2D eigenvalue weighted by atomic mass is 9.91. The number of anilines is 2. The van der Waals surface area contributed by atoms with Crippen LogP contribution in [0.4, 0.5) is 16.2 Å². The molecule has 1 aliphatic heterocycles. The minimum absolute atomic E-state index is 0.0647. The Hall–Kier alpha value is -3.96. The second kappa shape index (κ2) is 10.1. The van der Waals surface area contributed by atoms with Crippen LogP contribution >= 0.6 is 0 Å². The molecule has 3 atom stereocenters. The normalized spacial score (nSPS) is 16.7. The summed E-state index contributed by atoms with van der Waals surface area (Å²) in [5.41, 5.74) is 6.97. The Balaban J connectivity index is 1.55. The molecule has 1 aromatic carbocycles. The number of alkyl halides is 1. The number of benzene rings is 1. The summed E-state index contributed by atoms with van der Waals surface area (Å²) >= 11 is 0. The van der Waals surface area contributed by atoms with E-state index in [1.165, 1.54) is 12.1 Å². The summed E-state index contributed by atoms with van der Waals surface area (Å²) in [5, 5.41) is 23.0. The van der Waals surface area contributed by atoms with Crippen LogP contribution in [0.2, 0.25) is 0 Å². The Morgan fingerprint density at radius 3 is 2.55 bits per heavy atom. The molecule has 0 bridgehead atoms. The molecule has 11 nitrogen and oxygen atoms in total. The van der Waals surface area contributed by atoms with Crippen LogP contribution in [0.15, 0.2) is 29.1 Å². The molecular formula is C21H24FN5O6. The monoisotopic (exact) mass is 461 g/mol. The predicted octanol–water partition coefficient (Wildman–Crippen LogP) is 0.565. The number of amides is 1. The number of carbonyl (C=O) groups excluding carboxylic acids is 1. The quantitative estimate of drug-likeness (QED) is 0.310. The number of hydrogen-bond acceptors (Lipinski definition) is 7. The summed E-state index contributed by atoms with van der Waals surface area (Å²) in [6.45, 7) is 0.645. The third-order valence-corrected chi connectivity index (χ3v) is 5.46. The van der Waals surface area contributed by atoms with Gasteiger partial charge in [0.25, 0.3) is 11.5 Å². The number of hydrogen-bond donors (Lipinski definition) is 6. The van der Waals surface area contributed by atoms with E-state index >= 15 is 0 Å². The molecule has 12 heteroatoms. The summed E-state index contributed by atoms with van der Waals surface area (Å²) in [4.78, 5) is 52.8. The van der Waals surface area contributed by atoms with Crippen LogP contribution in [0.1, 0.15) is 34.3 Å². The highest BCUT2D eigenvalue weighted by atomic mass is 19.1. The van der Waals surface area contributed by atoms with Crippen LogP contribution in [0.25, 0.3) is 0 Å². The van der Waals surface area contributed by atoms with Gasteiger partial charge < -0.3 is 26.6 Å². The number of nitrogens with one attached hydrogen (secondary N) is 3. The van der Waals surface area contributed by atoms with Crippen molar-refractivity contribution >= 4 is 29.6 Å². The van der Waals surface area contributed by atoms with Gasteiger partial charge in [-0.05, 0) is 42.9 Å². The second-order valence-electron chi connectivity index (χ2n) is 7.87. The first-order valence-corrected chi connectivity index (χ1v) is 10.3. The molecule has 0 radical (unpaired) electrons. The summed E-state index contributed by atoms with van der Waals surface area (Å²) in [6, 6.07) is 4.80. The van der Waals surface area contributed by atoms with Gasteiger partial charge in [-0.1, -0.05) is 12.1 Å². The summed E-state index contributed by atoms with van der Waals surface area (Å²) in [5.74, 6) is -3.29. The highest BCUT2D eigenvalue weighted by molar-refractivity contribution is 5.96. The summed E-state index contributed by atoms with van der Waals surface area (Å²) < 4.78 is 13.4. The maximum absolute atomic E-state index is 13.4. The van der Waals surface area contributed by atoms with Crippen molar-refractivity contribution in [1.29, 1.82) is 0 Å². The van der Waals surface area contributed by atoms with Crippen molar-refractivity contribution in [3.05, 3.63) is 51.3 Å². The van der Waals surface area contributed by atoms with Gasteiger partial charge in [0.1, 0.15) is 11.9 Å². The second-order valence-corrected chi connectivity index (χ2v) is 7.87. The summed E-state index contributed by atoms with van der Waals surface area (Å²) in [6.07, 6.45) is -1.26. The van der Waals surface area contributed by atoms with E-state index in [4.69, 9.17) is 15.9 Å². The molecule has 0 aliphatic carbocycles. The number of aromatic amines is 1. The summed E-state index contributed by atoms with van der Waals surface area (Å²) in [7, 11) is 0. The number of carboxylic acids is 2. The van der Waals surface area contributed by atoms with Gasteiger partial charge >= 0.3 is 11.9 Å². The van der Waals surface area contributed by atoms with Crippen molar-refractivity contribution in [2.75, 3.05) is 17.6 Å². The van der Waals surface area contributed by atoms with Crippen LogP contribution < -0.4 is 21.9 Å². The number of rotatable bonds is 9. The lowest BCUT2D eigenvalue weighted by molar-refractivity contribution is -0.145. The molecule has 33 heavy (non-hydrogen) atoms. The zero-order valence-electron chi connectivity index (χ0n) is 17.5. The van der Waals surface area contributed by atoms with Crippen molar-refractivity contribution in [3.63, 3.8) is 0 Å². The standard InChI is InChI=1S/C21H24FN5O6/c22-14(19(30)31)8-15(20(32)33)25-17(28)12-5-3-10(4-6-12)1-2-11-7-13-16(24-9-11)26-21(23)27-18(13)29/h3-6,11,14-15H,1-2,7-9H2,(H,25,28)(H,30,31)(H,32,33)(H4,23,24,26,27,29)/t11?,14-,15+/m1/s1. The van der Waals surface area contributed by atoms with Gasteiger partial charge in [0.05, 0.1) is 5.56 Å². The number of aliphatic carboxylic acids is 2. The maximum atomic E-state index is 13.4. The van der Waals surface area contributed by atoms with Crippen LogP contribution in [-0.2, 0) is 22.4 Å².